The van der Waals surface area contributed by atoms with E-state index in [2.05, 4.69) is 20.3 Å². The average Bonchev–Trinajstić information content (AvgIpc) is 3.00. The number of nitrogens with one attached hydrogen (secondary N) is 3. The second-order valence-corrected chi connectivity index (χ2v) is 6.37. The van der Waals surface area contributed by atoms with Gasteiger partial charge in [-0.05, 0) is 38.0 Å². The third-order valence-corrected chi connectivity index (χ3v) is 4.23. The average molecular weight is 355 g/mol. The van der Waals surface area contributed by atoms with E-state index < -0.39 is 11.2 Å². The molecule has 1 aromatic carbocycles. The van der Waals surface area contributed by atoms with Crippen LogP contribution in [-0.2, 0) is 11.3 Å². The Kier molecular flexibility index (Phi) is 4.75. The van der Waals surface area contributed by atoms with Gasteiger partial charge in [-0.1, -0.05) is 13.0 Å². The van der Waals surface area contributed by atoms with Crippen LogP contribution in [0.2, 0.25) is 0 Å². The first-order valence-electron chi connectivity index (χ1n) is 8.43. The highest BCUT2D eigenvalue weighted by Crippen LogP contribution is 2.19. The normalized spacial score (nSPS) is 12.3. The van der Waals surface area contributed by atoms with Crippen LogP contribution in [0.25, 0.3) is 11.0 Å². The van der Waals surface area contributed by atoms with E-state index in [0.29, 0.717) is 17.8 Å². The zero-order valence-corrected chi connectivity index (χ0v) is 14.9. The summed E-state index contributed by atoms with van der Waals surface area (Å²) in [6, 6.07) is 5.62. The maximum atomic E-state index is 12.4. The lowest BCUT2D eigenvalue weighted by molar-refractivity contribution is -0.122. The molecule has 0 aliphatic heterocycles. The lowest BCUT2D eigenvalue weighted by Crippen LogP contribution is -2.37. The predicted octanol–water partition coefficient (Wildman–Crippen LogP) is 1.30. The molecule has 8 heteroatoms. The van der Waals surface area contributed by atoms with Crippen LogP contribution in [0.1, 0.15) is 36.3 Å². The second kappa shape index (κ2) is 6.99. The highest BCUT2D eigenvalue weighted by Gasteiger charge is 2.17. The van der Waals surface area contributed by atoms with E-state index in [9.17, 15) is 14.4 Å². The molecule has 136 valence electrons. The molecule has 1 amide bonds. The van der Waals surface area contributed by atoms with Gasteiger partial charge in [0.15, 0.2) is 0 Å². The molecule has 0 saturated heterocycles. The molecule has 3 aromatic rings. The minimum absolute atomic E-state index is 0.174. The minimum atomic E-state index is -0.608. The van der Waals surface area contributed by atoms with E-state index in [4.69, 9.17) is 0 Å². The molecule has 3 N–H and O–H groups in total. The Labute approximate surface area is 149 Å². The van der Waals surface area contributed by atoms with E-state index in [0.717, 1.165) is 16.6 Å². The number of aromatic amines is 2. The van der Waals surface area contributed by atoms with Gasteiger partial charge in [-0.25, -0.2) is 9.78 Å². The second-order valence-electron chi connectivity index (χ2n) is 6.37. The number of nitrogens with zero attached hydrogens (tertiary/aromatic N) is 2. The smallest absolute Gasteiger partial charge is 0.328 e. The largest absolute Gasteiger partial charge is 0.345 e. The summed E-state index contributed by atoms with van der Waals surface area (Å²) in [6.07, 6.45) is 2.02. The van der Waals surface area contributed by atoms with E-state index in [1.165, 1.54) is 10.8 Å². The maximum Gasteiger partial charge on any atom is 0.328 e. The fourth-order valence-electron chi connectivity index (χ4n) is 2.80. The first kappa shape index (κ1) is 17.7. The van der Waals surface area contributed by atoms with Crippen molar-refractivity contribution in [3.8, 4) is 0 Å². The molecule has 0 aliphatic carbocycles. The molecule has 0 aliphatic rings. The summed E-state index contributed by atoms with van der Waals surface area (Å²) in [5, 5.41) is 2.88. The number of rotatable bonds is 5. The zero-order valence-electron chi connectivity index (χ0n) is 14.9. The topological polar surface area (TPSA) is 113 Å². The van der Waals surface area contributed by atoms with Crippen LogP contribution in [-0.4, -0.2) is 25.4 Å². The van der Waals surface area contributed by atoms with Crippen LogP contribution in [0.15, 0.2) is 34.0 Å². The summed E-state index contributed by atoms with van der Waals surface area (Å²) in [5.74, 6) is 0.341. The minimum Gasteiger partial charge on any atom is -0.345 e. The van der Waals surface area contributed by atoms with Gasteiger partial charge in [-0.3, -0.25) is 19.1 Å². The van der Waals surface area contributed by atoms with Crippen molar-refractivity contribution in [3.63, 3.8) is 0 Å². The predicted molar refractivity (Wildman–Crippen MR) is 98.1 cm³/mol. The number of aryl methyl sites for hydroxylation is 2. The van der Waals surface area contributed by atoms with Gasteiger partial charge in [0.05, 0.1) is 17.1 Å². The summed E-state index contributed by atoms with van der Waals surface area (Å²) < 4.78 is 1.18. The van der Waals surface area contributed by atoms with Gasteiger partial charge in [0, 0.05) is 11.8 Å². The molecule has 0 saturated carbocycles. The Bertz CT molecular complexity index is 1080. The van der Waals surface area contributed by atoms with Crippen LogP contribution < -0.4 is 16.6 Å². The summed E-state index contributed by atoms with van der Waals surface area (Å²) in [5.41, 5.74) is 2.19. The monoisotopic (exact) mass is 355 g/mol. The first-order chi connectivity index (χ1) is 12.4. The molecule has 2 heterocycles. The standard InChI is InChI=1S/C18H21N5O3/c1-4-12(16-20-13-6-5-10(2)7-14(13)21-16)19-15(24)9-23-8-11(3)17(25)22-18(23)26/h5-8,12H,4,9H2,1-3H3,(H,19,24)(H,20,21)(H,22,25,26)/t12-/m1/s1. The van der Waals surface area contributed by atoms with Crippen molar-refractivity contribution in [2.75, 3.05) is 0 Å². The molecule has 0 unspecified atom stereocenters. The summed E-state index contributed by atoms with van der Waals surface area (Å²) in [4.78, 5) is 45.6. The van der Waals surface area contributed by atoms with Gasteiger partial charge >= 0.3 is 5.69 Å². The SMILES string of the molecule is CC[C@@H](NC(=O)Cn1cc(C)c(=O)[nH]c1=O)c1nc2ccc(C)cc2[nH]1. The summed E-state index contributed by atoms with van der Waals surface area (Å²) in [6.45, 7) is 5.35. The molecule has 0 spiro atoms. The molecule has 3 rings (SSSR count). The van der Waals surface area contributed by atoms with E-state index >= 15 is 0 Å². The van der Waals surface area contributed by atoms with Gasteiger partial charge < -0.3 is 10.3 Å². The van der Waals surface area contributed by atoms with Crippen LogP contribution >= 0.6 is 0 Å². The lowest BCUT2D eigenvalue weighted by atomic mass is 10.2. The van der Waals surface area contributed by atoms with E-state index in [-0.39, 0.29) is 18.5 Å². The third-order valence-electron chi connectivity index (χ3n) is 4.23. The number of aromatic nitrogens is 4. The van der Waals surface area contributed by atoms with Gasteiger partial charge in [0.2, 0.25) is 5.91 Å². The number of amides is 1. The van der Waals surface area contributed by atoms with Crippen molar-refractivity contribution in [2.45, 2.75) is 39.8 Å². The number of hydrogen-bond donors (Lipinski definition) is 3. The molecule has 2 aromatic heterocycles. The third kappa shape index (κ3) is 3.58. The molecule has 26 heavy (non-hydrogen) atoms. The van der Waals surface area contributed by atoms with Crippen LogP contribution in [0.3, 0.4) is 0 Å². The number of fused-ring (bicyclic) bond motifs is 1. The van der Waals surface area contributed by atoms with Crippen molar-refractivity contribution < 1.29 is 4.79 Å². The molecule has 0 fully saturated rings. The number of imidazole rings is 1. The van der Waals surface area contributed by atoms with Crippen molar-refractivity contribution in [1.29, 1.82) is 0 Å². The number of carbonyl (C=O) groups is 1. The fourth-order valence-corrected chi connectivity index (χ4v) is 2.80. The van der Waals surface area contributed by atoms with Crippen molar-refractivity contribution in [3.05, 3.63) is 62.2 Å². The maximum absolute atomic E-state index is 12.4. The molecule has 0 bridgehead atoms. The summed E-state index contributed by atoms with van der Waals surface area (Å²) in [7, 11) is 0. The molecular weight excluding hydrogens is 334 g/mol. The van der Waals surface area contributed by atoms with E-state index in [1.807, 2.05) is 32.0 Å². The van der Waals surface area contributed by atoms with Crippen molar-refractivity contribution >= 4 is 16.9 Å². The van der Waals surface area contributed by atoms with Gasteiger partial charge in [0.1, 0.15) is 12.4 Å². The van der Waals surface area contributed by atoms with Gasteiger partial charge in [0.25, 0.3) is 5.56 Å². The van der Waals surface area contributed by atoms with E-state index in [1.54, 1.807) is 6.92 Å². The Hall–Kier alpha value is -3.16. The molecule has 8 nitrogen and oxygen atoms in total. The van der Waals surface area contributed by atoms with Gasteiger partial charge in [-0.2, -0.15) is 0 Å². The number of benzene rings is 1. The molecule has 1 atom stereocenters. The van der Waals surface area contributed by atoms with Crippen LogP contribution in [0, 0.1) is 13.8 Å². The lowest BCUT2D eigenvalue weighted by Gasteiger charge is -2.15. The molecule has 0 radical (unpaired) electrons. The van der Waals surface area contributed by atoms with Crippen LogP contribution in [0.4, 0.5) is 0 Å². The number of H-pyrrole nitrogens is 2. The molecular formula is C18H21N5O3. The Balaban J connectivity index is 1.78. The van der Waals surface area contributed by atoms with Crippen molar-refractivity contribution in [1.82, 2.24) is 24.8 Å². The highest BCUT2D eigenvalue weighted by molar-refractivity contribution is 5.77. The number of hydrogen-bond acceptors (Lipinski definition) is 4. The Morgan fingerprint density at radius 1 is 1.27 bits per heavy atom. The van der Waals surface area contributed by atoms with Gasteiger partial charge in [-0.15, -0.1) is 0 Å². The zero-order chi connectivity index (χ0) is 18.8. The highest BCUT2D eigenvalue weighted by atomic mass is 16.2. The van der Waals surface area contributed by atoms with Crippen molar-refractivity contribution in [2.24, 2.45) is 0 Å². The summed E-state index contributed by atoms with van der Waals surface area (Å²) >= 11 is 0. The Morgan fingerprint density at radius 2 is 2.04 bits per heavy atom. The Morgan fingerprint density at radius 3 is 2.77 bits per heavy atom. The number of carbonyl (C=O) groups excluding carboxylic acids is 1. The fraction of sp³-hybridized carbons (Fsp3) is 0.333. The first-order valence-corrected chi connectivity index (χ1v) is 8.43. The van der Waals surface area contributed by atoms with Crippen LogP contribution in [0.5, 0.6) is 0 Å². The quantitative estimate of drug-likeness (QED) is 0.640.